The van der Waals surface area contributed by atoms with E-state index >= 15 is 0 Å². The molecule has 2 N–H and O–H groups in total. The lowest BCUT2D eigenvalue weighted by molar-refractivity contribution is -0.385. The van der Waals surface area contributed by atoms with Crippen LogP contribution in [0.5, 0.6) is 0 Å². The van der Waals surface area contributed by atoms with Crippen molar-refractivity contribution in [3.63, 3.8) is 0 Å². The molecule has 0 saturated heterocycles. The van der Waals surface area contributed by atoms with E-state index in [1.54, 1.807) is 18.3 Å². The molecule has 2 aromatic heterocycles. The minimum atomic E-state index is -0.499. The predicted octanol–water partition coefficient (Wildman–Crippen LogP) is 2.12. The van der Waals surface area contributed by atoms with E-state index in [1.807, 2.05) is 6.07 Å². The van der Waals surface area contributed by atoms with Crippen LogP contribution < -0.4 is 5.73 Å². The molecule has 0 aliphatic heterocycles. The zero-order chi connectivity index (χ0) is 12.3. The first-order valence-corrected chi connectivity index (χ1v) is 5.47. The second-order valence-electron chi connectivity index (χ2n) is 3.12. The van der Waals surface area contributed by atoms with Crippen molar-refractivity contribution in [2.24, 2.45) is 0 Å². The molecule has 6 nitrogen and oxygen atoms in total. The van der Waals surface area contributed by atoms with E-state index in [4.69, 9.17) is 5.73 Å². The lowest BCUT2D eigenvalue weighted by atomic mass is 10.4. The summed E-state index contributed by atoms with van der Waals surface area (Å²) < 4.78 is 0. The molecule has 0 amide bonds. The molecule has 86 valence electrons. The Hall–Kier alpha value is -2.15. The first-order valence-electron chi connectivity index (χ1n) is 4.66. The molecule has 17 heavy (non-hydrogen) atoms. The van der Waals surface area contributed by atoms with Crippen LogP contribution in [0.1, 0.15) is 0 Å². The number of hydrogen-bond acceptors (Lipinski definition) is 6. The topological polar surface area (TPSA) is 94.9 Å². The normalized spacial score (nSPS) is 10.1. The molecule has 0 aliphatic rings. The van der Waals surface area contributed by atoms with Gasteiger partial charge < -0.3 is 5.73 Å². The summed E-state index contributed by atoms with van der Waals surface area (Å²) in [6.45, 7) is 0. The third-order valence-corrected chi connectivity index (χ3v) is 2.73. The van der Waals surface area contributed by atoms with Gasteiger partial charge in [0.2, 0.25) is 0 Å². The standard InChI is InChI=1S/C10H8N4O2S/c11-8-5-7(14(15)16)6-10(13-8)17-9-3-1-2-4-12-9/h1-6H,(H2,11,13). The van der Waals surface area contributed by atoms with Crippen LogP contribution in [0.4, 0.5) is 11.5 Å². The molecule has 0 atom stereocenters. The number of aromatic nitrogens is 2. The van der Waals surface area contributed by atoms with Crippen LogP contribution in [0, 0.1) is 10.1 Å². The number of rotatable bonds is 3. The van der Waals surface area contributed by atoms with Crippen LogP contribution in [-0.4, -0.2) is 14.9 Å². The van der Waals surface area contributed by atoms with E-state index in [1.165, 1.54) is 23.9 Å². The van der Waals surface area contributed by atoms with Gasteiger partial charge in [0.05, 0.1) is 11.0 Å². The van der Waals surface area contributed by atoms with Crippen LogP contribution in [0.2, 0.25) is 0 Å². The number of nitrogens with zero attached hydrogens (tertiary/aromatic N) is 3. The quantitative estimate of drug-likeness (QED) is 0.660. The zero-order valence-electron chi connectivity index (χ0n) is 8.61. The van der Waals surface area contributed by atoms with Crippen molar-refractivity contribution in [1.29, 1.82) is 0 Å². The molecule has 2 rings (SSSR count). The van der Waals surface area contributed by atoms with Crippen molar-refractivity contribution in [3.8, 4) is 0 Å². The average Bonchev–Trinajstić information content (AvgIpc) is 2.29. The molecule has 0 unspecified atom stereocenters. The summed E-state index contributed by atoms with van der Waals surface area (Å²) in [5, 5.41) is 11.8. The fraction of sp³-hybridized carbons (Fsp3) is 0. The average molecular weight is 248 g/mol. The molecule has 0 saturated carbocycles. The van der Waals surface area contributed by atoms with Crippen molar-refractivity contribution < 1.29 is 4.92 Å². The molecule has 7 heteroatoms. The predicted molar refractivity (Wildman–Crippen MR) is 63.7 cm³/mol. The monoisotopic (exact) mass is 248 g/mol. The highest BCUT2D eigenvalue weighted by atomic mass is 32.2. The van der Waals surface area contributed by atoms with Gasteiger partial charge in [0, 0.05) is 12.3 Å². The summed E-state index contributed by atoms with van der Waals surface area (Å²) in [6.07, 6.45) is 1.64. The Balaban J connectivity index is 2.30. The summed E-state index contributed by atoms with van der Waals surface area (Å²) in [5.41, 5.74) is 5.43. The van der Waals surface area contributed by atoms with Gasteiger partial charge in [0.25, 0.3) is 5.69 Å². The summed E-state index contributed by atoms with van der Waals surface area (Å²) in [4.78, 5) is 18.3. The number of nitrogen functional groups attached to an aromatic ring is 1. The van der Waals surface area contributed by atoms with Gasteiger partial charge in [-0.05, 0) is 23.9 Å². The third kappa shape index (κ3) is 2.91. The van der Waals surface area contributed by atoms with Gasteiger partial charge in [0.1, 0.15) is 15.9 Å². The summed E-state index contributed by atoms with van der Waals surface area (Å²) in [5.74, 6) is 0.123. The number of nitro groups is 1. The van der Waals surface area contributed by atoms with Gasteiger partial charge in [-0.2, -0.15) is 0 Å². The number of hydrogen-bond donors (Lipinski definition) is 1. The van der Waals surface area contributed by atoms with Crippen molar-refractivity contribution in [3.05, 3.63) is 46.6 Å². The number of nitrogens with two attached hydrogens (primary N) is 1. The van der Waals surface area contributed by atoms with Gasteiger partial charge in [-0.15, -0.1) is 0 Å². The van der Waals surface area contributed by atoms with Gasteiger partial charge in [-0.1, -0.05) is 6.07 Å². The molecule has 0 spiro atoms. The minimum absolute atomic E-state index is 0.0732. The largest absolute Gasteiger partial charge is 0.383 e. The highest BCUT2D eigenvalue weighted by Gasteiger charge is 2.10. The Bertz CT molecular complexity index is 547. The minimum Gasteiger partial charge on any atom is -0.383 e. The smallest absolute Gasteiger partial charge is 0.275 e. The number of pyridine rings is 2. The van der Waals surface area contributed by atoms with Crippen molar-refractivity contribution >= 4 is 23.3 Å². The zero-order valence-corrected chi connectivity index (χ0v) is 9.42. The summed E-state index contributed by atoms with van der Waals surface area (Å²) in [6, 6.07) is 8.01. The van der Waals surface area contributed by atoms with Gasteiger partial charge in [0.15, 0.2) is 0 Å². The second kappa shape index (κ2) is 4.79. The van der Waals surface area contributed by atoms with E-state index in [0.717, 1.165) is 0 Å². The summed E-state index contributed by atoms with van der Waals surface area (Å²) in [7, 11) is 0. The van der Waals surface area contributed by atoms with Gasteiger partial charge in [-0.3, -0.25) is 10.1 Å². The molecular formula is C10H8N4O2S. The molecule has 0 aromatic carbocycles. The lowest BCUT2D eigenvalue weighted by Crippen LogP contribution is -1.96. The molecule has 2 aromatic rings. The highest BCUT2D eigenvalue weighted by Crippen LogP contribution is 2.27. The first kappa shape index (κ1) is 11.3. The Labute approximate surface area is 101 Å². The molecule has 2 heterocycles. The van der Waals surface area contributed by atoms with Crippen molar-refractivity contribution in [1.82, 2.24) is 9.97 Å². The van der Waals surface area contributed by atoms with E-state index in [9.17, 15) is 10.1 Å². The maximum atomic E-state index is 10.7. The van der Waals surface area contributed by atoms with Crippen molar-refractivity contribution in [2.75, 3.05) is 5.73 Å². The van der Waals surface area contributed by atoms with Crippen LogP contribution in [-0.2, 0) is 0 Å². The fourth-order valence-electron chi connectivity index (χ4n) is 1.18. The van der Waals surface area contributed by atoms with Gasteiger partial charge >= 0.3 is 0 Å². The Morgan fingerprint density at radius 3 is 2.76 bits per heavy atom. The van der Waals surface area contributed by atoms with Gasteiger partial charge in [-0.25, -0.2) is 9.97 Å². The molecule has 0 radical (unpaired) electrons. The Morgan fingerprint density at radius 1 is 1.29 bits per heavy atom. The van der Waals surface area contributed by atoms with Crippen LogP contribution in [0.25, 0.3) is 0 Å². The maximum absolute atomic E-state index is 10.7. The van der Waals surface area contributed by atoms with E-state index in [-0.39, 0.29) is 11.5 Å². The third-order valence-electron chi connectivity index (χ3n) is 1.86. The van der Waals surface area contributed by atoms with E-state index in [0.29, 0.717) is 10.1 Å². The van der Waals surface area contributed by atoms with Crippen LogP contribution in [0.3, 0.4) is 0 Å². The van der Waals surface area contributed by atoms with Crippen molar-refractivity contribution in [2.45, 2.75) is 10.1 Å². The van der Waals surface area contributed by atoms with E-state index in [2.05, 4.69) is 9.97 Å². The van der Waals surface area contributed by atoms with Crippen LogP contribution >= 0.6 is 11.8 Å². The Morgan fingerprint density at radius 2 is 2.12 bits per heavy atom. The maximum Gasteiger partial charge on any atom is 0.275 e. The molecular weight excluding hydrogens is 240 g/mol. The SMILES string of the molecule is Nc1cc([N+](=O)[O-])cc(Sc2ccccn2)n1. The second-order valence-corrected chi connectivity index (χ2v) is 4.16. The highest BCUT2D eigenvalue weighted by molar-refractivity contribution is 7.99. The Kier molecular flexibility index (Phi) is 3.20. The van der Waals surface area contributed by atoms with Crippen LogP contribution in [0.15, 0.2) is 46.6 Å². The number of anilines is 1. The molecule has 0 bridgehead atoms. The summed E-state index contributed by atoms with van der Waals surface area (Å²) >= 11 is 1.23. The first-order chi connectivity index (χ1) is 8.15. The molecule has 0 aliphatic carbocycles. The van der Waals surface area contributed by atoms with E-state index < -0.39 is 4.92 Å². The molecule has 0 fully saturated rings. The fourth-order valence-corrected chi connectivity index (χ4v) is 1.99. The lowest BCUT2D eigenvalue weighted by Gasteiger charge is -2.01.